The van der Waals surface area contributed by atoms with Gasteiger partial charge in [-0.05, 0) is 49.1 Å². The van der Waals surface area contributed by atoms with Gasteiger partial charge in [-0.15, -0.1) is 11.8 Å². The molecule has 4 nitrogen and oxygen atoms in total. The lowest BCUT2D eigenvalue weighted by Crippen LogP contribution is -2.44. The molecule has 1 heterocycles. The van der Waals surface area contributed by atoms with Crippen LogP contribution < -0.4 is 4.72 Å². The second-order valence-electron chi connectivity index (χ2n) is 6.53. The maximum absolute atomic E-state index is 12.7. The summed E-state index contributed by atoms with van der Waals surface area (Å²) in [5.41, 5.74) is 1.13. The Bertz CT molecular complexity index is 799. The van der Waals surface area contributed by atoms with E-state index in [-0.39, 0.29) is 4.75 Å². The van der Waals surface area contributed by atoms with Gasteiger partial charge in [-0.1, -0.05) is 37.3 Å². The summed E-state index contributed by atoms with van der Waals surface area (Å²) in [5, 5.41) is 0. The van der Waals surface area contributed by atoms with Gasteiger partial charge >= 0.3 is 0 Å². The molecule has 1 aliphatic rings. The molecule has 0 amide bonds. The molecular weight excluding hydrogens is 366 g/mol. The van der Waals surface area contributed by atoms with Gasteiger partial charge in [-0.25, -0.2) is 13.1 Å². The number of nitrogens with one attached hydrogen (secondary N) is 1. The second kappa shape index (κ2) is 8.57. The van der Waals surface area contributed by atoms with Crippen LogP contribution in [0.3, 0.4) is 0 Å². The fourth-order valence-corrected chi connectivity index (χ4v) is 5.54. The van der Waals surface area contributed by atoms with Crippen molar-refractivity contribution in [3.05, 3.63) is 60.2 Å². The summed E-state index contributed by atoms with van der Waals surface area (Å²) in [5.74, 6) is 0. The molecule has 0 atom stereocenters. The Morgan fingerprint density at radius 1 is 1.04 bits per heavy atom. The molecule has 0 aromatic heterocycles. The summed E-state index contributed by atoms with van der Waals surface area (Å²) in [6.07, 6.45) is 2.54. The van der Waals surface area contributed by atoms with Crippen molar-refractivity contribution < 1.29 is 13.2 Å². The summed E-state index contributed by atoms with van der Waals surface area (Å²) < 4.78 is 33.6. The standard InChI is InChI=1S/C20H25NO3S2/c1-2-17-8-10-19(11-9-17)26(22,23)21-16-20(12-14-24-15-13-20)25-18-6-4-3-5-7-18/h3-11,21H,2,12-16H2,1H3. The topological polar surface area (TPSA) is 55.4 Å². The van der Waals surface area contributed by atoms with Crippen LogP contribution in [0.25, 0.3) is 0 Å². The fraction of sp³-hybridized carbons (Fsp3) is 0.400. The van der Waals surface area contributed by atoms with Crippen molar-refractivity contribution in [1.82, 2.24) is 4.72 Å². The average Bonchev–Trinajstić information content (AvgIpc) is 2.68. The lowest BCUT2D eigenvalue weighted by atomic mass is 9.99. The fourth-order valence-electron chi connectivity index (χ4n) is 3.01. The van der Waals surface area contributed by atoms with Gasteiger partial charge in [0.15, 0.2) is 0 Å². The summed E-state index contributed by atoms with van der Waals surface area (Å²) >= 11 is 1.75. The van der Waals surface area contributed by atoms with E-state index in [0.717, 1.165) is 29.7 Å². The summed E-state index contributed by atoms with van der Waals surface area (Å²) in [7, 11) is -3.52. The monoisotopic (exact) mass is 391 g/mol. The molecular formula is C20H25NO3S2. The zero-order valence-electron chi connectivity index (χ0n) is 15.0. The van der Waals surface area contributed by atoms with Crippen molar-refractivity contribution >= 4 is 21.8 Å². The molecule has 3 rings (SSSR count). The molecule has 1 aliphatic heterocycles. The minimum atomic E-state index is -3.52. The first kappa shape index (κ1) is 19.4. The number of sulfonamides is 1. The van der Waals surface area contributed by atoms with Gasteiger partial charge in [0.1, 0.15) is 0 Å². The SMILES string of the molecule is CCc1ccc(S(=O)(=O)NCC2(Sc3ccccc3)CCOCC2)cc1. The zero-order valence-corrected chi connectivity index (χ0v) is 16.6. The van der Waals surface area contributed by atoms with Gasteiger partial charge in [0.25, 0.3) is 0 Å². The second-order valence-corrected chi connectivity index (χ2v) is 9.84. The van der Waals surface area contributed by atoms with Crippen LogP contribution in [0, 0.1) is 0 Å². The molecule has 2 aromatic rings. The normalized spacial score (nSPS) is 17.1. The highest BCUT2D eigenvalue weighted by molar-refractivity contribution is 8.00. The van der Waals surface area contributed by atoms with E-state index in [0.29, 0.717) is 24.7 Å². The highest BCUT2D eigenvalue weighted by Crippen LogP contribution is 2.40. The molecule has 1 N–H and O–H groups in total. The number of ether oxygens (including phenoxy) is 1. The molecule has 26 heavy (non-hydrogen) atoms. The minimum absolute atomic E-state index is 0.184. The molecule has 0 radical (unpaired) electrons. The van der Waals surface area contributed by atoms with Crippen molar-refractivity contribution in [2.24, 2.45) is 0 Å². The number of thioether (sulfide) groups is 1. The Morgan fingerprint density at radius 3 is 2.31 bits per heavy atom. The van der Waals surface area contributed by atoms with Crippen molar-refractivity contribution in [2.45, 2.75) is 40.7 Å². The molecule has 1 fully saturated rings. The average molecular weight is 392 g/mol. The van der Waals surface area contributed by atoms with Crippen LogP contribution in [-0.4, -0.2) is 32.9 Å². The van der Waals surface area contributed by atoms with E-state index in [4.69, 9.17) is 4.74 Å². The Hall–Kier alpha value is -1.34. The molecule has 0 bridgehead atoms. The first-order valence-corrected chi connectivity index (χ1v) is 11.2. The van der Waals surface area contributed by atoms with E-state index in [1.165, 1.54) is 0 Å². The van der Waals surface area contributed by atoms with E-state index in [1.807, 2.05) is 30.3 Å². The van der Waals surface area contributed by atoms with E-state index in [2.05, 4.69) is 23.8 Å². The summed E-state index contributed by atoms with van der Waals surface area (Å²) in [6, 6.07) is 17.3. The third-order valence-electron chi connectivity index (χ3n) is 4.71. The molecule has 0 aliphatic carbocycles. The van der Waals surface area contributed by atoms with Crippen molar-refractivity contribution in [3.63, 3.8) is 0 Å². The highest BCUT2D eigenvalue weighted by atomic mass is 32.2. The van der Waals surface area contributed by atoms with E-state index < -0.39 is 10.0 Å². The van der Waals surface area contributed by atoms with Crippen LogP contribution >= 0.6 is 11.8 Å². The maximum atomic E-state index is 12.7. The van der Waals surface area contributed by atoms with Gasteiger partial charge in [0.2, 0.25) is 10.0 Å². The van der Waals surface area contributed by atoms with Crippen LogP contribution in [0.2, 0.25) is 0 Å². The Balaban J connectivity index is 1.74. The minimum Gasteiger partial charge on any atom is -0.381 e. The smallest absolute Gasteiger partial charge is 0.240 e. The van der Waals surface area contributed by atoms with Crippen LogP contribution in [0.4, 0.5) is 0 Å². The Kier molecular flexibility index (Phi) is 6.40. The number of aryl methyl sites for hydroxylation is 1. The number of rotatable bonds is 7. The molecule has 1 saturated heterocycles. The lowest BCUT2D eigenvalue weighted by molar-refractivity contribution is 0.0784. The Labute approximate surface area is 160 Å². The van der Waals surface area contributed by atoms with Gasteiger partial charge < -0.3 is 4.74 Å². The Morgan fingerprint density at radius 2 is 1.69 bits per heavy atom. The van der Waals surface area contributed by atoms with Crippen molar-refractivity contribution in [1.29, 1.82) is 0 Å². The van der Waals surface area contributed by atoms with Crippen molar-refractivity contribution in [3.8, 4) is 0 Å². The maximum Gasteiger partial charge on any atom is 0.240 e. The summed E-state index contributed by atoms with van der Waals surface area (Å²) in [6.45, 7) is 3.77. The zero-order chi connectivity index (χ0) is 18.5. The number of hydrogen-bond donors (Lipinski definition) is 1. The number of hydrogen-bond acceptors (Lipinski definition) is 4. The van der Waals surface area contributed by atoms with Gasteiger partial charge in [-0.2, -0.15) is 0 Å². The predicted molar refractivity (Wildman–Crippen MR) is 106 cm³/mol. The van der Waals surface area contributed by atoms with Crippen LogP contribution in [0.5, 0.6) is 0 Å². The van der Waals surface area contributed by atoms with Crippen molar-refractivity contribution in [2.75, 3.05) is 19.8 Å². The quantitative estimate of drug-likeness (QED) is 0.778. The van der Waals surface area contributed by atoms with Crippen LogP contribution in [0.1, 0.15) is 25.3 Å². The van der Waals surface area contributed by atoms with Crippen LogP contribution in [0.15, 0.2) is 64.4 Å². The summed E-state index contributed by atoms with van der Waals surface area (Å²) in [4.78, 5) is 1.47. The largest absolute Gasteiger partial charge is 0.381 e. The highest BCUT2D eigenvalue weighted by Gasteiger charge is 2.35. The lowest BCUT2D eigenvalue weighted by Gasteiger charge is -2.36. The molecule has 0 spiro atoms. The molecule has 140 valence electrons. The van der Waals surface area contributed by atoms with Gasteiger partial charge in [0, 0.05) is 29.4 Å². The van der Waals surface area contributed by atoms with Crippen LogP contribution in [-0.2, 0) is 21.2 Å². The number of benzene rings is 2. The molecule has 0 saturated carbocycles. The first-order chi connectivity index (χ1) is 12.5. The van der Waals surface area contributed by atoms with Gasteiger partial charge in [-0.3, -0.25) is 0 Å². The van der Waals surface area contributed by atoms with E-state index in [1.54, 1.807) is 23.9 Å². The van der Waals surface area contributed by atoms with E-state index in [9.17, 15) is 8.42 Å². The third-order valence-corrected chi connectivity index (χ3v) is 7.62. The first-order valence-electron chi connectivity index (χ1n) is 8.93. The third kappa shape index (κ3) is 4.88. The molecule has 6 heteroatoms. The molecule has 2 aromatic carbocycles. The molecule has 0 unspecified atom stereocenters. The predicted octanol–water partition coefficient (Wildman–Crippen LogP) is 3.87. The van der Waals surface area contributed by atoms with E-state index >= 15 is 0 Å². The van der Waals surface area contributed by atoms with Gasteiger partial charge in [0.05, 0.1) is 4.90 Å².